The van der Waals surface area contributed by atoms with Gasteiger partial charge in [0.15, 0.2) is 0 Å². The van der Waals surface area contributed by atoms with Crippen LogP contribution in [-0.4, -0.2) is 93.7 Å². The Morgan fingerprint density at radius 1 is 1.14 bits per heavy atom. The summed E-state index contributed by atoms with van der Waals surface area (Å²) in [6.07, 6.45) is 3.19. The number of carbonyl (C=O) groups excluding carboxylic acids is 1. The normalized spacial score (nSPS) is 21.1. The van der Waals surface area contributed by atoms with Gasteiger partial charge in [0.25, 0.3) is 0 Å². The molecule has 2 saturated heterocycles. The monoisotopic (exact) mass is 319 g/mol. The number of morpholine rings is 1. The highest BCUT2D eigenvalue weighted by Gasteiger charge is 2.25. The molecule has 21 heavy (non-hydrogen) atoms. The van der Waals surface area contributed by atoms with Gasteiger partial charge in [-0.25, -0.2) is 8.42 Å². The first-order chi connectivity index (χ1) is 9.97. The Hall–Kier alpha value is -0.700. The van der Waals surface area contributed by atoms with Crippen LogP contribution >= 0.6 is 0 Å². The Morgan fingerprint density at radius 2 is 1.76 bits per heavy atom. The van der Waals surface area contributed by atoms with Crippen molar-refractivity contribution in [3.05, 3.63) is 0 Å². The van der Waals surface area contributed by atoms with E-state index in [1.165, 1.54) is 10.6 Å². The van der Waals surface area contributed by atoms with E-state index in [1.807, 2.05) is 0 Å². The first kappa shape index (κ1) is 16.7. The van der Waals surface area contributed by atoms with Crippen LogP contribution in [0.2, 0.25) is 0 Å². The van der Waals surface area contributed by atoms with Crippen molar-refractivity contribution in [1.82, 2.24) is 14.1 Å². The Balaban J connectivity index is 1.86. The molecule has 0 atom stereocenters. The smallest absolute Gasteiger partial charge is 0.237 e. The standard InChI is InChI=1S/C13H25N3O4S/c1-21(18,19)16(7-6-14-8-10-20-11-9-14)12-13(17)15-4-2-3-5-15/h2-12H2,1H3. The fourth-order valence-electron chi connectivity index (χ4n) is 2.66. The van der Waals surface area contributed by atoms with Gasteiger partial charge >= 0.3 is 0 Å². The van der Waals surface area contributed by atoms with Crippen molar-refractivity contribution < 1.29 is 17.9 Å². The van der Waals surface area contributed by atoms with Gasteiger partial charge in [0, 0.05) is 39.3 Å². The number of hydrogen-bond donors (Lipinski definition) is 0. The molecular formula is C13H25N3O4S. The van der Waals surface area contributed by atoms with Crippen LogP contribution in [0.25, 0.3) is 0 Å². The molecule has 1 amide bonds. The molecule has 0 spiro atoms. The van der Waals surface area contributed by atoms with Crippen molar-refractivity contribution in [2.45, 2.75) is 12.8 Å². The zero-order chi connectivity index (χ0) is 15.3. The zero-order valence-electron chi connectivity index (χ0n) is 12.7. The molecule has 2 fully saturated rings. The van der Waals surface area contributed by atoms with E-state index in [0.717, 1.165) is 39.0 Å². The average molecular weight is 319 g/mol. The quantitative estimate of drug-likeness (QED) is 0.641. The van der Waals surface area contributed by atoms with E-state index in [1.54, 1.807) is 4.90 Å². The van der Waals surface area contributed by atoms with Gasteiger partial charge in [-0.15, -0.1) is 0 Å². The van der Waals surface area contributed by atoms with E-state index in [9.17, 15) is 13.2 Å². The van der Waals surface area contributed by atoms with Crippen LogP contribution in [0.4, 0.5) is 0 Å². The van der Waals surface area contributed by atoms with Gasteiger partial charge in [-0.05, 0) is 12.8 Å². The Bertz CT molecular complexity index is 442. The fraction of sp³-hybridized carbons (Fsp3) is 0.923. The molecule has 8 heteroatoms. The van der Waals surface area contributed by atoms with E-state index >= 15 is 0 Å². The van der Waals surface area contributed by atoms with Crippen molar-refractivity contribution >= 4 is 15.9 Å². The van der Waals surface area contributed by atoms with Crippen molar-refractivity contribution in [1.29, 1.82) is 0 Å². The van der Waals surface area contributed by atoms with Crippen LogP contribution in [-0.2, 0) is 19.6 Å². The summed E-state index contributed by atoms with van der Waals surface area (Å²) in [4.78, 5) is 16.1. The first-order valence-corrected chi connectivity index (χ1v) is 9.34. The second-order valence-electron chi connectivity index (χ2n) is 5.64. The van der Waals surface area contributed by atoms with Crippen LogP contribution < -0.4 is 0 Å². The third kappa shape index (κ3) is 5.21. The lowest BCUT2D eigenvalue weighted by molar-refractivity contribution is -0.130. The third-order valence-corrected chi connectivity index (χ3v) is 5.26. The Labute approximate surface area is 126 Å². The molecule has 0 unspecified atom stereocenters. The predicted octanol–water partition coefficient (Wildman–Crippen LogP) is -0.797. The van der Waals surface area contributed by atoms with Gasteiger partial charge in [0.2, 0.25) is 15.9 Å². The minimum atomic E-state index is -3.36. The number of carbonyl (C=O) groups is 1. The molecule has 2 rings (SSSR count). The van der Waals surface area contributed by atoms with Crippen LogP contribution in [0, 0.1) is 0 Å². The molecule has 0 saturated carbocycles. The predicted molar refractivity (Wildman–Crippen MR) is 79.5 cm³/mol. The molecule has 2 heterocycles. The Kier molecular flexibility index (Phi) is 5.98. The van der Waals surface area contributed by atoms with Crippen molar-refractivity contribution in [3.8, 4) is 0 Å². The van der Waals surface area contributed by atoms with Crippen molar-refractivity contribution in [2.24, 2.45) is 0 Å². The molecule has 0 bridgehead atoms. The summed E-state index contributed by atoms with van der Waals surface area (Å²) in [7, 11) is -3.36. The average Bonchev–Trinajstić information content (AvgIpc) is 2.97. The molecule has 7 nitrogen and oxygen atoms in total. The third-order valence-electron chi connectivity index (χ3n) is 4.01. The van der Waals surface area contributed by atoms with Crippen molar-refractivity contribution in [3.63, 3.8) is 0 Å². The maximum atomic E-state index is 12.1. The summed E-state index contributed by atoms with van der Waals surface area (Å²) in [6, 6.07) is 0. The summed E-state index contributed by atoms with van der Waals surface area (Å²) < 4.78 is 30.3. The molecular weight excluding hydrogens is 294 g/mol. The highest BCUT2D eigenvalue weighted by molar-refractivity contribution is 7.88. The lowest BCUT2D eigenvalue weighted by Crippen LogP contribution is -2.46. The lowest BCUT2D eigenvalue weighted by Gasteiger charge is -2.29. The van der Waals surface area contributed by atoms with Gasteiger partial charge in [0.1, 0.15) is 0 Å². The number of sulfonamides is 1. The number of ether oxygens (including phenoxy) is 1. The largest absolute Gasteiger partial charge is 0.379 e. The molecule has 2 aliphatic rings. The topological polar surface area (TPSA) is 70.2 Å². The minimum absolute atomic E-state index is 0.0385. The molecule has 0 N–H and O–H groups in total. The molecule has 0 aromatic carbocycles. The maximum Gasteiger partial charge on any atom is 0.237 e. The molecule has 0 aromatic rings. The number of hydrogen-bond acceptors (Lipinski definition) is 5. The molecule has 0 radical (unpaired) electrons. The maximum absolute atomic E-state index is 12.1. The van der Waals surface area contributed by atoms with Crippen LogP contribution in [0.15, 0.2) is 0 Å². The van der Waals surface area contributed by atoms with E-state index in [0.29, 0.717) is 26.3 Å². The SMILES string of the molecule is CS(=O)(=O)N(CCN1CCOCC1)CC(=O)N1CCCC1. The summed E-state index contributed by atoms with van der Waals surface area (Å²) in [5.41, 5.74) is 0. The van der Waals surface area contributed by atoms with Gasteiger partial charge in [0.05, 0.1) is 26.0 Å². The van der Waals surface area contributed by atoms with E-state index in [-0.39, 0.29) is 12.5 Å². The van der Waals surface area contributed by atoms with Gasteiger partial charge in [-0.2, -0.15) is 4.31 Å². The second-order valence-corrected chi connectivity index (χ2v) is 7.62. The van der Waals surface area contributed by atoms with Crippen LogP contribution in [0.1, 0.15) is 12.8 Å². The molecule has 2 aliphatic heterocycles. The summed E-state index contributed by atoms with van der Waals surface area (Å²) >= 11 is 0. The summed E-state index contributed by atoms with van der Waals surface area (Å²) in [5.74, 6) is -0.0834. The van der Waals surface area contributed by atoms with E-state index < -0.39 is 10.0 Å². The second kappa shape index (κ2) is 7.53. The summed E-state index contributed by atoms with van der Waals surface area (Å²) in [6.45, 7) is 5.47. The molecule has 0 aromatic heterocycles. The Morgan fingerprint density at radius 3 is 2.33 bits per heavy atom. The highest BCUT2D eigenvalue weighted by Crippen LogP contribution is 2.09. The van der Waals surface area contributed by atoms with E-state index in [4.69, 9.17) is 4.74 Å². The van der Waals surface area contributed by atoms with Gasteiger partial charge in [-0.1, -0.05) is 0 Å². The minimum Gasteiger partial charge on any atom is -0.379 e. The number of rotatable bonds is 6. The van der Waals surface area contributed by atoms with E-state index in [2.05, 4.69) is 4.90 Å². The van der Waals surface area contributed by atoms with Gasteiger partial charge in [-0.3, -0.25) is 9.69 Å². The summed E-state index contributed by atoms with van der Waals surface area (Å²) in [5, 5.41) is 0. The zero-order valence-corrected chi connectivity index (χ0v) is 13.5. The lowest BCUT2D eigenvalue weighted by atomic mass is 10.4. The molecule has 0 aliphatic carbocycles. The number of amides is 1. The highest BCUT2D eigenvalue weighted by atomic mass is 32.2. The molecule has 122 valence electrons. The van der Waals surface area contributed by atoms with Gasteiger partial charge < -0.3 is 9.64 Å². The first-order valence-electron chi connectivity index (χ1n) is 7.50. The number of nitrogens with zero attached hydrogens (tertiary/aromatic N) is 3. The van der Waals surface area contributed by atoms with Crippen LogP contribution in [0.3, 0.4) is 0 Å². The van der Waals surface area contributed by atoms with Crippen molar-refractivity contribution in [2.75, 3.05) is 65.3 Å². The van der Waals surface area contributed by atoms with Crippen LogP contribution in [0.5, 0.6) is 0 Å². The fourth-order valence-corrected chi connectivity index (χ4v) is 3.42. The number of likely N-dealkylation sites (tertiary alicyclic amines) is 1.